The van der Waals surface area contributed by atoms with E-state index in [1.807, 2.05) is 13.8 Å². The van der Waals surface area contributed by atoms with Crippen LogP contribution in [0.1, 0.15) is 57.7 Å². The van der Waals surface area contributed by atoms with Gasteiger partial charge in [0.2, 0.25) is 10.0 Å². The zero-order chi connectivity index (χ0) is 16.7. The van der Waals surface area contributed by atoms with Crippen LogP contribution in [0.25, 0.3) is 0 Å². The highest BCUT2D eigenvalue weighted by atomic mass is 32.2. The highest BCUT2D eigenvalue weighted by Crippen LogP contribution is 2.35. The van der Waals surface area contributed by atoms with Crippen LogP contribution >= 0.6 is 0 Å². The first-order chi connectivity index (χ1) is 10.8. The van der Waals surface area contributed by atoms with E-state index >= 15 is 0 Å². The van der Waals surface area contributed by atoms with E-state index in [4.69, 9.17) is 0 Å². The normalized spacial score (nSPS) is 26.8. The Hall–Kier alpha value is -0.990. The van der Waals surface area contributed by atoms with Gasteiger partial charge in [-0.2, -0.15) is 4.31 Å². The molecule has 23 heavy (non-hydrogen) atoms. The highest BCUT2D eigenvalue weighted by Gasteiger charge is 2.41. The molecule has 0 aromatic carbocycles. The van der Waals surface area contributed by atoms with E-state index in [2.05, 4.69) is 10.3 Å². The third kappa shape index (κ3) is 3.75. The van der Waals surface area contributed by atoms with Crippen molar-refractivity contribution in [2.75, 3.05) is 18.8 Å². The number of nitrogens with zero attached hydrogens (tertiary/aromatic N) is 4. The third-order valence-corrected chi connectivity index (χ3v) is 6.68. The highest BCUT2D eigenvalue weighted by molar-refractivity contribution is 7.89. The summed E-state index contributed by atoms with van der Waals surface area (Å²) in [6.07, 6.45) is 5.91. The molecule has 130 valence electrons. The zero-order valence-electron chi connectivity index (χ0n) is 13.8. The maximum absolute atomic E-state index is 12.5. The first-order valence-corrected chi connectivity index (χ1v) is 10.0. The average Bonchev–Trinajstić information content (AvgIpc) is 3.18. The minimum Gasteiger partial charge on any atom is -0.382 e. The molecule has 0 unspecified atom stereocenters. The minimum absolute atomic E-state index is 0.0801. The maximum Gasteiger partial charge on any atom is 0.214 e. The number of β-amino-alcohol motifs (C(OH)–C–C–N with tert-alkyl or cyclic N) is 1. The Morgan fingerprint density at radius 2 is 2.17 bits per heavy atom. The van der Waals surface area contributed by atoms with Crippen molar-refractivity contribution in [3.05, 3.63) is 11.9 Å². The summed E-state index contributed by atoms with van der Waals surface area (Å²) in [5.41, 5.74) is -0.772. The van der Waals surface area contributed by atoms with Gasteiger partial charge in [-0.05, 0) is 39.0 Å². The lowest BCUT2D eigenvalue weighted by molar-refractivity contribution is -0.0161. The molecule has 2 aliphatic rings. The molecule has 1 N–H and O–H groups in total. The lowest BCUT2D eigenvalue weighted by atomic mass is 9.91. The van der Waals surface area contributed by atoms with Gasteiger partial charge in [-0.25, -0.2) is 13.1 Å². The van der Waals surface area contributed by atoms with Crippen LogP contribution in [0.4, 0.5) is 0 Å². The summed E-state index contributed by atoms with van der Waals surface area (Å²) in [7, 11) is -3.31. The smallest absolute Gasteiger partial charge is 0.214 e. The molecule has 0 radical (unpaired) electrons. The summed E-state index contributed by atoms with van der Waals surface area (Å²) in [5, 5.41) is 19.0. The Morgan fingerprint density at radius 3 is 2.78 bits per heavy atom. The summed E-state index contributed by atoms with van der Waals surface area (Å²) >= 11 is 0. The number of hydrogen-bond donors (Lipinski definition) is 1. The van der Waals surface area contributed by atoms with Crippen LogP contribution in [0.15, 0.2) is 6.20 Å². The second-order valence-corrected chi connectivity index (χ2v) is 9.28. The molecule has 1 aromatic heterocycles. The van der Waals surface area contributed by atoms with Gasteiger partial charge in [-0.15, -0.1) is 5.10 Å². The Labute approximate surface area is 137 Å². The van der Waals surface area contributed by atoms with Crippen molar-refractivity contribution in [3.63, 3.8) is 0 Å². The van der Waals surface area contributed by atoms with Crippen LogP contribution in [0, 0.1) is 5.92 Å². The van der Waals surface area contributed by atoms with Crippen LogP contribution in [-0.2, 0) is 15.6 Å². The van der Waals surface area contributed by atoms with E-state index in [1.54, 1.807) is 10.9 Å². The van der Waals surface area contributed by atoms with E-state index in [-0.39, 0.29) is 18.3 Å². The van der Waals surface area contributed by atoms with Crippen LogP contribution < -0.4 is 0 Å². The van der Waals surface area contributed by atoms with Gasteiger partial charge in [0.05, 0.1) is 11.9 Å². The van der Waals surface area contributed by atoms with Gasteiger partial charge in [0.15, 0.2) is 0 Å². The zero-order valence-corrected chi connectivity index (χ0v) is 14.7. The van der Waals surface area contributed by atoms with Crippen LogP contribution in [0.2, 0.25) is 0 Å². The van der Waals surface area contributed by atoms with Crippen molar-refractivity contribution in [3.8, 4) is 0 Å². The van der Waals surface area contributed by atoms with Gasteiger partial charge in [-0.3, -0.25) is 0 Å². The van der Waals surface area contributed by atoms with Gasteiger partial charge in [0, 0.05) is 19.1 Å². The van der Waals surface area contributed by atoms with E-state index in [1.165, 1.54) is 4.31 Å². The van der Waals surface area contributed by atoms with Gasteiger partial charge in [0.25, 0.3) is 0 Å². The summed E-state index contributed by atoms with van der Waals surface area (Å²) in [4.78, 5) is 0. The first kappa shape index (κ1) is 16.9. The fourth-order valence-electron chi connectivity index (χ4n) is 3.04. The van der Waals surface area contributed by atoms with Crippen molar-refractivity contribution in [2.45, 2.75) is 57.6 Å². The number of aliphatic hydroxyl groups is 1. The number of aromatic nitrogens is 3. The molecule has 0 bridgehead atoms. The predicted molar refractivity (Wildman–Crippen MR) is 86.2 cm³/mol. The Morgan fingerprint density at radius 1 is 1.43 bits per heavy atom. The number of piperidine rings is 1. The number of hydrogen-bond acceptors (Lipinski definition) is 5. The lowest BCUT2D eigenvalue weighted by Gasteiger charge is -2.37. The molecule has 2 heterocycles. The summed E-state index contributed by atoms with van der Waals surface area (Å²) in [6.45, 7) is 4.53. The van der Waals surface area contributed by atoms with Crippen molar-refractivity contribution in [1.29, 1.82) is 0 Å². The molecule has 1 saturated heterocycles. The Balaban J connectivity index is 1.72. The van der Waals surface area contributed by atoms with E-state index in [0.29, 0.717) is 31.0 Å². The van der Waals surface area contributed by atoms with Crippen molar-refractivity contribution < 1.29 is 13.5 Å². The molecular weight excluding hydrogens is 316 g/mol. The molecule has 0 amide bonds. The first-order valence-electron chi connectivity index (χ1n) is 8.43. The summed E-state index contributed by atoms with van der Waals surface area (Å²) in [5.74, 6) is 0.770. The second kappa shape index (κ2) is 6.14. The predicted octanol–water partition coefficient (Wildman–Crippen LogP) is 1.27. The minimum atomic E-state index is -3.31. The lowest BCUT2D eigenvalue weighted by Crippen LogP contribution is -2.49. The molecule has 1 saturated carbocycles. The van der Waals surface area contributed by atoms with E-state index in [9.17, 15) is 13.5 Å². The molecule has 2 fully saturated rings. The van der Waals surface area contributed by atoms with Crippen LogP contribution in [-0.4, -0.2) is 51.7 Å². The molecule has 0 spiro atoms. The van der Waals surface area contributed by atoms with Crippen molar-refractivity contribution in [2.24, 2.45) is 5.92 Å². The fraction of sp³-hybridized carbons (Fsp3) is 0.867. The van der Waals surface area contributed by atoms with Gasteiger partial charge in [0.1, 0.15) is 11.3 Å². The standard InChI is InChI=1S/C15H26N4O3S/c1-12(2)19-10-14(16-17-19)15(20)7-3-8-18(11-15)23(21,22)9-6-13-4-5-13/h10,12-13,20H,3-9,11H2,1-2H3/t15-/m1/s1. The van der Waals surface area contributed by atoms with Gasteiger partial charge in [-0.1, -0.05) is 18.1 Å². The number of rotatable bonds is 6. The Bertz CT molecular complexity index is 653. The summed E-state index contributed by atoms with van der Waals surface area (Å²) < 4.78 is 28.2. The Kier molecular flexibility index (Phi) is 4.50. The van der Waals surface area contributed by atoms with Crippen molar-refractivity contribution in [1.82, 2.24) is 19.3 Å². The SMILES string of the molecule is CC(C)n1cc([C@@]2(O)CCCN(S(=O)(=O)CCC3CC3)C2)nn1. The average molecular weight is 342 g/mol. The fourth-order valence-corrected chi connectivity index (χ4v) is 4.74. The third-order valence-electron chi connectivity index (χ3n) is 4.83. The molecule has 1 atom stereocenters. The van der Waals surface area contributed by atoms with Crippen molar-refractivity contribution >= 4 is 10.0 Å². The van der Waals surface area contributed by atoms with Gasteiger partial charge >= 0.3 is 0 Å². The van der Waals surface area contributed by atoms with Gasteiger partial charge < -0.3 is 5.11 Å². The maximum atomic E-state index is 12.5. The quantitative estimate of drug-likeness (QED) is 0.841. The molecule has 8 heteroatoms. The molecular formula is C15H26N4O3S. The molecule has 3 rings (SSSR count). The van der Waals surface area contributed by atoms with Crippen LogP contribution in [0.5, 0.6) is 0 Å². The van der Waals surface area contributed by atoms with Crippen LogP contribution in [0.3, 0.4) is 0 Å². The summed E-state index contributed by atoms with van der Waals surface area (Å²) in [6, 6.07) is 0.154. The topological polar surface area (TPSA) is 88.3 Å². The monoisotopic (exact) mass is 342 g/mol. The number of sulfonamides is 1. The molecule has 1 aliphatic carbocycles. The second-order valence-electron chi connectivity index (χ2n) is 7.19. The molecule has 1 aliphatic heterocycles. The molecule has 1 aromatic rings. The largest absolute Gasteiger partial charge is 0.382 e. The molecule has 7 nitrogen and oxygen atoms in total. The van der Waals surface area contributed by atoms with E-state index < -0.39 is 15.6 Å². The van der Waals surface area contributed by atoms with E-state index in [0.717, 1.165) is 19.3 Å².